The summed E-state index contributed by atoms with van der Waals surface area (Å²) in [6, 6.07) is 12.6. The van der Waals surface area contributed by atoms with E-state index in [1.165, 1.54) is 5.56 Å². The van der Waals surface area contributed by atoms with Crippen molar-refractivity contribution in [2.75, 3.05) is 56.7 Å². The minimum absolute atomic E-state index is 0.663. The van der Waals surface area contributed by atoms with Gasteiger partial charge in [-0.2, -0.15) is 4.98 Å². The summed E-state index contributed by atoms with van der Waals surface area (Å²) in [5.41, 5.74) is 2.35. The van der Waals surface area contributed by atoms with Gasteiger partial charge in [-0.15, -0.1) is 0 Å². The van der Waals surface area contributed by atoms with E-state index < -0.39 is 0 Å². The molecule has 3 rings (SSSR count). The Labute approximate surface area is 149 Å². The number of anilines is 2. The molecule has 6 heteroatoms. The average Bonchev–Trinajstić information content (AvgIpc) is 2.63. The maximum Gasteiger partial charge on any atom is 0.227 e. The zero-order valence-corrected chi connectivity index (χ0v) is 15.1. The second-order valence-corrected chi connectivity index (χ2v) is 6.36. The fraction of sp³-hybridized carbons (Fsp3) is 0.474. The first-order valence-electron chi connectivity index (χ1n) is 8.84. The van der Waals surface area contributed by atoms with Crippen LogP contribution < -0.4 is 10.2 Å². The number of ether oxygens (including phenoxy) is 1. The number of nitrogens with one attached hydrogen (secondary N) is 1. The van der Waals surface area contributed by atoms with Crippen LogP contribution in [0.25, 0.3) is 0 Å². The monoisotopic (exact) mass is 341 g/mol. The Bertz CT molecular complexity index is 656. The highest BCUT2D eigenvalue weighted by atomic mass is 16.5. The Morgan fingerprint density at radius 1 is 1.08 bits per heavy atom. The molecule has 1 aliphatic heterocycles. The van der Waals surface area contributed by atoms with Crippen molar-refractivity contribution in [2.45, 2.75) is 13.5 Å². The number of aromatic nitrogens is 2. The van der Waals surface area contributed by atoms with Gasteiger partial charge in [-0.25, -0.2) is 4.98 Å². The lowest BCUT2D eigenvalue weighted by Crippen LogP contribution is -2.46. The lowest BCUT2D eigenvalue weighted by molar-refractivity contribution is 0.210. The van der Waals surface area contributed by atoms with Gasteiger partial charge in [0.25, 0.3) is 0 Å². The van der Waals surface area contributed by atoms with Gasteiger partial charge in [-0.1, -0.05) is 30.3 Å². The molecule has 6 nitrogen and oxygen atoms in total. The lowest BCUT2D eigenvalue weighted by Gasteiger charge is -2.35. The quantitative estimate of drug-likeness (QED) is 0.779. The molecule has 1 aromatic heterocycles. The maximum atomic E-state index is 5.08. The van der Waals surface area contributed by atoms with Crippen LogP contribution in [-0.2, 0) is 11.3 Å². The van der Waals surface area contributed by atoms with Crippen LogP contribution in [0.3, 0.4) is 0 Å². The molecule has 25 heavy (non-hydrogen) atoms. The maximum absolute atomic E-state index is 5.08. The first-order valence-corrected chi connectivity index (χ1v) is 8.84. The van der Waals surface area contributed by atoms with Crippen LogP contribution >= 0.6 is 0 Å². The normalized spacial score (nSPS) is 15.4. The van der Waals surface area contributed by atoms with Crippen LogP contribution in [0.5, 0.6) is 0 Å². The fourth-order valence-corrected chi connectivity index (χ4v) is 3.01. The van der Waals surface area contributed by atoms with Crippen LogP contribution in [0.15, 0.2) is 36.4 Å². The van der Waals surface area contributed by atoms with Gasteiger partial charge in [0.15, 0.2) is 0 Å². The molecule has 134 valence electrons. The molecule has 0 unspecified atom stereocenters. The Morgan fingerprint density at radius 2 is 1.84 bits per heavy atom. The standard InChI is InChI=1S/C19H27N5O/c1-16-14-18(20-8-13-25-2)22-19(21-16)24-11-9-23(10-12-24)15-17-6-4-3-5-7-17/h3-7,14H,8-13,15H2,1-2H3,(H,20,21,22). The third-order valence-corrected chi connectivity index (χ3v) is 4.36. The highest BCUT2D eigenvalue weighted by Crippen LogP contribution is 2.16. The summed E-state index contributed by atoms with van der Waals surface area (Å²) < 4.78 is 5.08. The Balaban J connectivity index is 1.57. The van der Waals surface area contributed by atoms with Crippen LogP contribution in [0.4, 0.5) is 11.8 Å². The van der Waals surface area contributed by atoms with E-state index in [4.69, 9.17) is 4.74 Å². The van der Waals surface area contributed by atoms with E-state index >= 15 is 0 Å². The molecule has 0 spiro atoms. The van der Waals surface area contributed by atoms with Crippen LogP contribution in [0.1, 0.15) is 11.3 Å². The first kappa shape index (κ1) is 17.6. The molecular formula is C19H27N5O. The SMILES string of the molecule is COCCNc1cc(C)nc(N2CCN(Cc3ccccc3)CC2)n1. The fourth-order valence-electron chi connectivity index (χ4n) is 3.01. The molecule has 1 aliphatic rings. The Hall–Kier alpha value is -2.18. The lowest BCUT2D eigenvalue weighted by atomic mass is 10.2. The van der Waals surface area contributed by atoms with Gasteiger partial charge in [-0.05, 0) is 12.5 Å². The third-order valence-electron chi connectivity index (χ3n) is 4.36. The second kappa shape index (κ2) is 8.78. The zero-order chi connectivity index (χ0) is 17.5. The molecule has 0 atom stereocenters. The predicted molar refractivity (Wildman–Crippen MR) is 101 cm³/mol. The van der Waals surface area contributed by atoms with Gasteiger partial charge in [-0.3, -0.25) is 4.90 Å². The largest absolute Gasteiger partial charge is 0.383 e. The molecule has 0 bridgehead atoms. The van der Waals surface area contributed by atoms with E-state index in [1.807, 2.05) is 13.0 Å². The van der Waals surface area contributed by atoms with Crippen molar-refractivity contribution in [3.8, 4) is 0 Å². The summed E-state index contributed by atoms with van der Waals surface area (Å²) >= 11 is 0. The summed E-state index contributed by atoms with van der Waals surface area (Å²) in [5, 5.41) is 3.29. The second-order valence-electron chi connectivity index (χ2n) is 6.36. The van der Waals surface area contributed by atoms with Gasteiger partial charge in [0, 0.05) is 58.1 Å². The molecule has 1 fully saturated rings. The molecule has 0 amide bonds. The van der Waals surface area contributed by atoms with E-state index in [1.54, 1.807) is 7.11 Å². The number of hydrogen-bond acceptors (Lipinski definition) is 6. The van der Waals surface area contributed by atoms with E-state index in [2.05, 4.69) is 55.4 Å². The van der Waals surface area contributed by atoms with Gasteiger partial charge in [0.05, 0.1) is 6.61 Å². The van der Waals surface area contributed by atoms with Crippen LogP contribution in [-0.4, -0.2) is 61.3 Å². The summed E-state index contributed by atoms with van der Waals surface area (Å²) in [6.45, 7) is 8.39. The van der Waals surface area contributed by atoms with Crippen molar-refractivity contribution in [1.82, 2.24) is 14.9 Å². The minimum atomic E-state index is 0.663. The van der Waals surface area contributed by atoms with Crippen LogP contribution in [0, 0.1) is 6.92 Å². The molecule has 1 saturated heterocycles. The number of rotatable bonds is 7. The number of piperazine rings is 1. The Kier molecular flexibility index (Phi) is 6.19. The summed E-state index contributed by atoms with van der Waals surface area (Å²) in [5.74, 6) is 1.69. The van der Waals surface area contributed by atoms with Crippen molar-refractivity contribution in [2.24, 2.45) is 0 Å². The van der Waals surface area contributed by atoms with Crippen molar-refractivity contribution in [3.05, 3.63) is 47.7 Å². The molecule has 0 radical (unpaired) electrons. The molecule has 0 aliphatic carbocycles. The van der Waals surface area contributed by atoms with Crippen molar-refractivity contribution in [1.29, 1.82) is 0 Å². The number of benzene rings is 1. The zero-order valence-electron chi connectivity index (χ0n) is 15.1. The van der Waals surface area contributed by atoms with Crippen molar-refractivity contribution < 1.29 is 4.74 Å². The Morgan fingerprint density at radius 3 is 2.56 bits per heavy atom. The van der Waals surface area contributed by atoms with Crippen LogP contribution in [0.2, 0.25) is 0 Å². The van der Waals surface area contributed by atoms with E-state index in [9.17, 15) is 0 Å². The molecular weight excluding hydrogens is 314 g/mol. The van der Waals surface area contributed by atoms with Gasteiger partial charge in [0.1, 0.15) is 5.82 Å². The third kappa shape index (κ3) is 5.14. The highest BCUT2D eigenvalue weighted by molar-refractivity contribution is 5.44. The summed E-state index contributed by atoms with van der Waals surface area (Å²) in [7, 11) is 1.70. The van der Waals surface area contributed by atoms with E-state index in [-0.39, 0.29) is 0 Å². The number of aryl methyl sites for hydroxylation is 1. The average molecular weight is 341 g/mol. The van der Waals surface area contributed by atoms with E-state index in [0.29, 0.717) is 6.61 Å². The molecule has 0 saturated carbocycles. The van der Waals surface area contributed by atoms with Gasteiger partial charge >= 0.3 is 0 Å². The smallest absolute Gasteiger partial charge is 0.227 e. The van der Waals surface area contributed by atoms with Crippen molar-refractivity contribution >= 4 is 11.8 Å². The van der Waals surface area contributed by atoms with Gasteiger partial charge in [0.2, 0.25) is 5.95 Å². The number of nitrogens with zero attached hydrogens (tertiary/aromatic N) is 4. The molecule has 1 aromatic carbocycles. The summed E-state index contributed by atoms with van der Waals surface area (Å²) in [4.78, 5) is 14.0. The first-order chi connectivity index (χ1) is 12.2. The van der Waals surface area contributed by atoms with Crippen molar-refractivity contribution in [3.63, 3.8) is 0 Å². The topological polar surface area (TPSA) is 53.5 Å². The van der Waals surface area contributed by atoms with Gasteiger partial charge < -0.3 is 15.0 Å². The molecule has 1 N–H and O–H groups in total. The highest BCUT2D eigenvalue weighted by Gasteiger charge is 2.19. The van der Waals surface area contributed by atoms with E-state index in [0.717, 1.165) is 56.7 Å². The molecule has 2 heterocycles. The molecule has 2 aromatic rings. The predicted octanol–water partition coefficient (Wildman–Crippen LogP) is 2.17. The minimum Gasteiger partial charge on any atom is -0.383 e. The summed E-state index contributed by atoms with van der Waals surface area (Å²) in [6.07, 6.45) is 0. The number of methoxy groups -OCH3 is 1. The number of hydrogen-bond donors (Lipinski definition) is 1.